The van der Waals surface area contributed by atoms with E-state index in [0.29, 0.717) is 52.4 Å². The van der Waals surface area contributed by atoms with Crippen molar-refractivity contribution >= 4 is 45.4 Å². The number of unbranched alkanes of at least 4 members (excludes halogenated alkanes) is 3. The Kier molecular flexibility index (Phi) is 12.4. The predicted molar refractivity (Wildman–Crippen MR) is 186 cm³/mol. The average molecular weight is 718 g/mol. The minimum absolute atomic E-state index is 0.0128. The first-order chi connectivity index (χ1) is 22.4. The standard InChI is InChI=1S/C35H49BrN4O5S/c1-3-14-38(18-17-37-19-22-45-23-20-37)34(44)31-35-24-27(36)30(46-35)28(29(35)33(43)40(31)16-10-5-6-11-21-41)32(42)39(15-4-2)25-26-12-8-7-9-13-26/h3-4,7-9,12-13,27-31,41H,1-2,5-6,10-11,14-25H2/t27?,28-,29-,30-,31?,35?/m0/s1. The van der Waals surface area contributed by atoms with Crippen molar-refractivity contribution in [3.05, 3.63) is 61.2 Å². The van der Waals surface area contributed by atoms with Crippen molar-refractivity contribution in [3.63, 3.8) is 0 Å². The van der Waals surface area contributed by atoms with Crippen molar-refractivity contribution in [1.29, 1.82) is 0 Å². The quantitative estimate of drug-likeness (QED) is 0.150. The van der Waals surface area contributed by atoms with Gasteiger partial charge in [0.15, 0.2) is 0 Å². The number of ether oxygens (including phenoxy) is 1. The summed E-state index contributed by atoms with van der Waals surface area (Å²) in [6.45, 7) is 14.0. The number of carbonyl (C=O) groups is 3. The molecule has 46 heavy (non-hydrogen) atoms. The third-order valence-corrected chi connectivity index (χ3v) is 13.2. The SMILES string of the molecule is C=CCN(CCN1CCOCC1)C(=O)C1N(CCCCCCO)C(=O)[C@@H]2[C@H](C(=O)N(CC=C)Cc3ccccc3)[C@H]3SC12CC3Br. The van der Waals surface area contributed by atoms with Crippen molar-refractivity contribution in [3.8, 4) is 0 Å². The average Bonchev–Trinajstić information content (AvgIpc) is 3.66. The molecule has 1 aromatic rings. The van der Waals surface area contributed by atoms with Gasteiger partial charge in [0, 0.05) is 69.0 Å². The number of amides is 3. The van der Waals surface area contributed by atoms with Gasteiger partial charge in [-0.15, -0.1) is 24.9 Å². The van der Waals surface area contributed by atoms with Gasteiger partial charge in [0.05, 0.1) is 29.8 Å². The van der Waals surface area contributed by atoms with Crippen LogP contribution in [0.25, 0.3) is 0 Å². The topological polar surface area (TPSA) is 93.6 Å². The molecule has 3 unspecified atom stereocenters. The van der Waals surface area contributed by atoms with E-state index in [1.165, 1.54) is 0 Å². The second kappa shape index (κ2) is 16.3. The molecule has 0 radical (unpaired) electrons. The number of carbonyl (C=O) groups excluding carboxylic acids is 3. The number of aliphatic hydroxyl groups excluding tert-OH is 1. The lowest BCUT2D eigenvalue weighted by Gasteiger charge is -2.39. The van der Waals surface area contributed by atoms with Gasteiger partial charge in [-0.3, -0.25) is 19.3 Å². The Morgan fingerprint density at radius 3 is 2.41 bits per heavy atom. The number of rotatable bonds is 17. The van der Waals surface area contributed by atoms with Crippen LogP contribution in [0.1, 0.15) is 37.7 Å². The number of alkyl halides is 1. The Morgan fingerprint density at radius 2 is 1.72 bits per heavy atom. The maximum absolute atomic E-state index is 14.8. The van der Waals surface area contributed by atoms with Crippen molar-refractivity contribution in [2.75, 3.05) is 65.6 Å². The van der Waals surface area contributed by atoms with Gasteiger partial charge in [0.2, 0.25) is 17.7 Å². The van der Waals surface area contributed by atoms with Crippen LogP contribution in [-0.2, 0) is 25.7 Å². The molecule has 0 aromatic heterocycles. The van der Waals surface area contributed by atoms with Gasteiger partial charge in [-0.25, -0.2) is 0 Å². The van der Waals surface area contributed by atoms with Crippen LogP contribution in [0.2, 0.25) is 0 Å². The lowest BCUT2D eigenvalue weighted by atomic mass is 9.70. The second-order valence-corrected chi connectivity index (χ2v) is 15.6. The van der Waals surface area contributed by atoms with Crippen LogP contribution < -0.4 is 0 Å². The smallest absolute Gasteiger partial charge is 0.247 e. The maximum atomic E-state index is 14.8. The lowest BCUT2D eigenvalue weighted by molar-refractivity contribution is -0.145. The second-order valence-electron chi connectivity index (χ2n) is 12.9. The molecular weight excluding hydrogens is 668 g/mol. The molecule has 4 aliphatic heterocycles. The van der Waals surface area contributed by atoms with Gasteiger partial charge in [-0.1, -0.05) is 71.3 Å². The number of hydrogen-bond acceptors (Lipinski definition) is 7. The highest BCUT2D eigenvalue weighted by atomic mass is 79.9. The predicted octanol–water partition coefficient (Wildman–Crippen LogP) is 3.57. The van der Waals surface area contributed by atoms with Crippen molar-refractivity contribution in [2.45, 2.75) is 59.5 Å². The number of thioether (sulfide) groups is 1. The molecule has 3 amide bonds. The van der Waals surface area contributed by atoms with Crippen LogP contribution in [0.15, 0.2) is 55.6 Å². The zero-order chi connectivity index (χ0) is 32.7. The highest BCUT2D eigenvalue weighted by molar-refractivity contribution is 9.09. The van der Waals surface area contributed by atoms with Crippen LogP contribution in [-0.4, -0.2) is 129 Å². The van der Waals surface area contributed by atoms with E-state index >= 15 is 0 Å². The Labute approximate surface area is 286 Å². The molecule has 1 aromatic carbocycles. The van der Waals surface area contributed by atoms with Gasteiger partial charge in [0.1, 0.15) is 6.04 Å². The van der Waals surface area contributed by atoms with E-state index in [4.69, 9.17) is 4.74 Å². The summed E-state index contributed by atoms with van der Waals surface area (Å²) in [5, 5.41) is 9.17. The molecule has 6 atom stereocenters. The number of aliphatic hydroxyl groups is 1. The molecule has 4 heterocycles. The van der Waals surface area contributed by atoms with Gasteiger partial charge in [-0.2, -0.15) is 0 Å². The number of hydrogen-bond donors (Lipinski definition) is 1. The van der Waals surface area contributed by atoms with Gasteiger partial charge < -0.3 is 24.5 Å². The van der Waals surface area contributed by atoms with E-state index in [2.05, 4.69) is 34.0 Å². The molecule has 4 aliphatic rings. The van der Waals surface area contributed by atoms with Crippen LogP contribution in [0, 0.1) is 11.8 Å². The van der Waals surface area contributed by atoms with Crippen molar-refractivity contribution in [2.24, 2.45) is 11.8 Å². The summed E-state index contributed by atoms with van der Waals surface area (Å²) in [5.41, 5.74) is 1.02. The third kappa shape index (κ3) is 7.28. The monoisotopic (exact) mass is 716 g/mol. The summed E-state index contributed by atoms with van der Waals surface area (Å²) in [6, 6.07) is 9.25. The zero-order valence-corrected chi connectivity index (χ0v) is 29.2. The summed E-state index contributed by atoms with van der Waals surface area (Å²) in [4.78, 5) is 51.7. The molecule has 2 bridgehead atoms. The molecule has 0 saturated carbocycles. The highest BCUT2D eigenvalue weighted by Crippen LogP contribution is 2.68. The van der Waals surface area contributed by atoms with Gasteiger partial charge >= 0.3 is 0 Å². The Morgan fingerprint density at radius 1 is 1.02 bits per heavy atom. The largest absolute Gasteiger partial charge is 0.396 e. The highest BCUT2D eigenvalue weighted by Gasteiger charge is 2.76. The van der Waals surface area contributed by atoms with E-state index in [1.54, 1.807) is 23.9 Å². The first kappa shape index (κ1) is 35.1. The summed E-state index contributed by atoms with van der Waals surface area (Å²) in [6.07, 6.45) is 7.35. The fourth-order valence-corrected chi connectivity index (χ4v) is 11.4. The third-order valence-electron chi connectivity index (χ3n) is 9.94. The van der Waals surface area contributed by atoms with Crippen molar-refractivity contribution in [1.82, 2.24) is 19.6 Å². The molecule has 252 valence electrons. The molecular formula is C35H49BrN4O5S. The summed E-state index contributed by atoms with van der Waals surface area (Å²) < 4.78 is 4.82. The number of halogens is 1. The van der Waals surface area contributed by atoms with Gasteiger partial charge in [-0.05, 0) is 24.8 Å². The fraction of sp³-hybridized carbons (Fsp3) is 0.629. The Bertz CT molecular complexity index is 1230. The van der Waals surface area contributed by atoms with E-state index in [1.807, 2.05) is 45.0 Å². The molecule has 1 N–H and O–H groups in total. The molecule has 5 rings (SSSR count). The van der Waals surface area contributed by atoms with Crippen LogP contribution in [0.3, 0.4) is 0 Å². The fourth-order valence-electron chi connectivity index (χ4n) is 7.79. The summed E-state index contributed by atoms with van der Waals surface area (Å²) in [5.74, 6) is -1.26. The normalized spacial score (nSPS) is 28.7. The molecule has 0 aliphatic carbocycles. The van der Waals surface area contributed by atoms with Gasteiger partial charge in [0.25, 0.3) is 0 Å². The van der Waals surface area contributed by atoms with Crippen LogP contribution >= 0.6 is 27.7 Å². The number of likely N-dealkylation sites (tertiary alicyclic amines) is 1. The Hall–Kier alpha value is -2.18. The summed E-state index contributed by atoms with van der Waals surface area (Å²) >= 11 is 5.61. The van der Waals surface area contributed by atoms with E-state index in [9.17, 15) is 19.5 Å². The minimum atomic E-state index is -0.691. The van der Waals surface area contributed by atoms with E-state index in [0.717, 1.165) is 50.9 Å². The zero-order valence-electron chi connectivity index (χ0n) is 26.8. The Balaban J connectivity index is 1.44. The number of morpholine rings is 1. The number of nitrogens with zero attached hydrogens (tertiary/aromatic N) is 4. The number of fused-ring (bicyclic) bond motifs is 1. The molecule has 9 nitrogen and oxygen atoms in total. The minimum Gasteiger partial charge on any atom is -0.396 e. The summed E-state index contributed by atoms with van der Waals surface area (Å²) in [7, 11) is 0. The van der Waals surface area contributed by atoms with Crippen molar-refractivity contribution < 1.29 is 24.2 Å². The number of benzene rings is 1. The first-order valence-corrected chi connectivity index (χ1v) is 18.5. The maximum Gasteiger partial charge on any atom is 0.247 e. The molecule has 4 fully saturated rings. The van der Waals surface area contributed by atoms with E-state index < -0.39 is 22.6 Å². The molecule has 4 saturated heterocycles. The first-order valence-electron chi connectivity index (χ1n) is 16.7. The van der Waals surface area contributed by atoms with E-state index in [-0.39, 0.29) is 34.4 Å². The van der Waals surface area contributed by atoms with Crippen LogP contribution in [0.4, 0.5) is 0 Å². The lowest BCUT2D eigenvalue weighted by Crippen LogP contribution is -2.56. The van der Waals surface area contributed by atoms with Crippen LogP contribution in [0.5, 0.6) is 0 Å². The molecule has 1 spiro atoms. The molecule has 11 heteroatoms.